The lowest BCUT2D eigenvalue weighted by atomic mass is 9.90. The third kappa shape index (κ3) is 3.40. The summed E-state index contributed by atoms with van der Waals surface area (Å²) in [6, 6.07) is 9.99. The van der Waals surface area contributed by atoms with Gasteiger partial charge in [-0.05, 0) is 37.7 Å². The summed E-state index contributed by atoms with van der Waals surface area (Å²) in [4.78, 5) is 25.8. The van der Waals surface area contributed by atoms with E-state index in [1.165, 1.54) is 12.8 Å². The number of urea groups is 1. The summed E-state index contributed by atoms with van der Waals surface area (Å²) in [7, 11) is 0. The molecule has 0 bridgehead atoms. The van der Waals surface area contributed by atoms with Gasteiger partial charge in [0.1, 0.15) is 0 Å². The Balaban J connectivity index is 1.71. The Morgan fingerprint density at radius 1 is 1.25 bits per heavy atom. The largest absolute Gasteiger partial charge is 0.481 e. The summed E-state index contributed by atoms with van der Waals surface area (Å²) in [5, 5.41) is 12.5. The third-order valence-electron chi connectivity index (χ3n) is 5.59. The fraction of sp³-hybridized carbons (Fsp3) is 0.579. The molecule has 1 aromatic carbocycles. The summed E-state index contributed by atoms with van der Waals surface area (Å²) in [6.07, 6.45) is 5.20. The minimum Gasteiger partial charge on any atom is -0.481 e. The Bertz CT molecular complexity index is 598. The minimum absolute atomic E-state index is 0.0119. The second-order valence-corrected chi connectivity index (χ2v) is 7.42. The molecule has 1 saturated heterocycles. The third-order valence-corrected chi connectivity index (χ3v) is 5.59. The summed E-state index contributed by atoms with van der Waals surface area (Å²) in [6.45, 7) is 2.50. The second-order valence-electron chi connectivity index (χ2n) is 7.42. The maximum Gasteiger partial charge on any atom is 0.317 e. The van der Waals surface area contributed by atoms with Crippen LogP contribution in [0.15, 0.2) is 30.3 Å². The molecule has 3 rings (SSSR count). The molecule has 0 spiro atoms. The van der Waals surface area contributed by atoms with E-state index in [1.54, 1.807) is 11.8 Å². The van der Waals surface area contributed by atoms with E-state index in [2.05, 4.69) is 17.4 Å². The molecule has 130 valence electrons. The van der Waals surface area contributed by atoms with Crippen LogP contribution in [0.4, 0.5) is 4.79 Å². The number of aliphatic carboxylic acids is 1. The number of carboxylic acids is 1. The van der Waals surface area contributed by atoms with Gasteiger partial charge in [-0.2, -0.15) is 0 Å². The van der Waals surface area contributed by atoms with Gasteiger partial charge in [0.05, 0.1) is 11.5 Å². The van der Waals surface area contributed by atoms with Gasteiger partial charge in [0, 0.05) is 13.1 Å². The van der Waals surface area contributed by atoms with Gasteiger partial charge in [-0.15, -0.1) is 0 Å². The molecule has 1 aliphatic heterocycles. The van der Waals surface area contributed by atoms with E-state index in [9.17, 15) is 14.7 Å². The Kier molecular flexibility index (Phi) is 4.78. The molecule has 2 aliphatic rings. The van der Waals surface area contributed by atoms with E-state index in [4.69, 9.17) is 0 Å². The molecule has 0 aromatic heterocycles. The van der Waals surface area contributed by atoms with Gasteiger partial charge in [-0.3, -0.25) is 4.79 Å². The molecule has 2 fully saturated rings. The molecule has 2 N–H and O–H groups in total. The van der Waals surface area contributed by atoms with Crippen LogP contribution in [0.25, 0.3) is 0 Å². The first-order valence-corrected chi connectivity index (χ1v) is 8.83. The van der Waals surface area contributed by atoms with Gasteiger partial charge in [0.2, 0.25) is 0 Å². The number of carbonyl (C=O) groups is 2. The van der Waals surface area contributed by atoms with Gasteiger partial charge in [-0.1, -0.05) is 43.2 Å². The lowest BCUT2D eigenvalue weighted by molar-refractivity contribution is -0.147. The predicted octanol–water partition coefficient (Wildman–Crippen LogP) is 3.42. The lowest BCUT2D eigenvalue weighted by Gasteiger charge is -2.28. The summed E-state index contributed by atoms with van der Waals surface area (Å²) in [5.74, 6) is -0.363. The minimum atomic E-state index is -0.826. The van der Waals surface area contributed by atoms with E-state index >= 15 is 0 Å². The molecule has 5 heteroatoms. The van der Waals surface area contributed by atoms with Crippen molar-refractivity contribution in [1.82, 2.24) is 10.2 Å². The molecule has 2 atom stereocenters. The fourth-order valence-corrected chi connectivity index (χ4v) is 3.96. The Labute approximate surface area is 143 Å². The molecule has 2 unspecified atom stereocenters. The van der Waals surface area contributed by atoms with E-state index in [-0.39, 0.29) is 18.6 Å². The van der Waals surface area contributed by atoms with Gasteiger partial charge >= 0.3 is 12.0 Å². The SMILES string of the molecule is CC1(C(=O)O)CCN(C(=O)NC(c2ccccc2)C2CCCC2)C1. The smallest absolute Gasteiger partial charge is 0.317 e. The van der Waals surface area contributed by atoms with Crippen molar-refractivity contribution in [1.29, 1.82) is 0 Å². The van der Waals surface area contributed by atoms with E-state index in [0.717, 1.165) is 18.4 Å². The topological polar surface area (TPSA) is 69.6 Å². The number of hydrogen-bond acceptors (Lipinski definition) is 2. The summed E-state index contributed by atoms with van der Waals surface area (Å²) >= 11 is 0. The van der Waals surface area contributed by atoms with Crippen molar-refractivity contribution < 1.29 is 14.7 Å². The summed E-state index contributed by atoms with van der Waals surface area (Å²) < 4.78 is 0. The first-order valence-electron chi connectivity index (χ1n) is 8.83. The van der Waals surface area contributed by atoms with Crippen LogP contribution in [0, 0.1) is 11.3 Å². The number of amides is 2. The van der Waals surface area contributed by atoms with Crippen molar-refractivity contribution in [3.8, 4) is 0 Å². The number of nitrogens with zero attached hydrogens (tertiary/aromatic N) is 1. The second kappa shape index (κ2) is 6.83. The Morgan fingerprint density at radius 3 is 2.50 bits per heavy atom. The zero-order chi connectivity index (χ0) is 17.2. The molecular weight excluding hydrogens is 304 g/mol. The van der Waals surface area contributed by atoms with Gasteiger partial charge < -0.3 is 15.3 Å². The average molecular weight is 330 g/mol. The first kappa shape index (κ1) is 16.8. The normalized spacial score (nSPS) is 25.6. The van der Waals surface area contributed by atoms with Crippen molar-refractivity contribution in [2.75, 3.05) is 13.1 Å². The molecule has 24 heavy (non-hydrogen) atoms. The zero-order valence-electron chi connectivity index (χ0n) is 14.2. The van der Waals surface area contributed by atoms with E-state index in [1.807, 2.05) is 18.2 Å². The van der Waals surface area contributed by atoms with Crippen molar-refractivity contribution in [2.24, 2.45) is 11.3 Å². The standard InChI is InChI=1S/C19H26N2O3/c1-19(17(22)23)11-12-21(13-19)18(24)20-16(15-9-5-6-10-15)14-7-3-2-4-8-14/h2-4,7-8,15-16H,5-6,9-13H2,1H3,(H,20,24)(H,22,23). The first-order chi connectivity index (χ1) is 11.5. The van der Waals surface area contributed by atoms with Crippen LogP contribution in [0.3, 0.4) is 0 Å². The molecule has 1 aromatic rings. The lowest BCUT2D eigenvalue weighted by Crippen LogP contribution is -2.43. The highest BCUT2D eigenvalue weighted by atomic mass is 16.4. The highest BCUT2D eigenvalue weighted by Gasteiger charge is 2.42. The van der Waals surface area contributed by atoms with Crippen LogP contribution in [-0.4, -0.2) is 35.1 Å². The van der Waals surface area contributed by atoms with Gasteiger partial charge in [0.15, 0.2) is 0 Å². The van der Waals surface area contributed by atoms with Gasteiger partial charge in [-0.25, -0.2) is 4.79 Å². The molecular formula is C19H26N2O3. The van der Waals surface area contributed by atoms with Crippen molar-refractivity contribution in [3.05, 3.63) is 35.9 Å². The number of likely N-dealkylation sites (tertiary alicyclic amines) is 1. The van der Waals surface area contributed by atoms with Crippen LogP contribution in [0.1, 0.15) is 50.6 Å². The number of carbonyl (C=O) groups excluding carboxylic acids is 1. The van der Waals surface area contributed by atoms with Crippen molar-refractivity contribution >= 4 is 12.0 Å². The molecule has 1 heterocycles. The molecule has 5 nitrogen and oxygen atoms in total. The number of benzene rings is 1. The Hall–Kier alpha value is -2.04. The van der Waals surface area contributed by atoms with E-state index in [0.29, 0.717) is 18.9 Å². The number of nitrogens with one attached hydrogen (secondary N) is 1. The van der Waals surface area contributed by atoms with Crippen LogP contribution < -0.4 is 5.32 Å². The average Bonchev–Trinajstić information content (AvgIpc) is 3.24. The highest BCUT2D eigenvalue weighted by molar-refractivity contribution is 5.79. The van der Waals surface area contributed by atoms with Crippen LogP contribution in [0.2, 0.25) is 0 Å². The predicted molar refractivity (Wildman–Crippen MR) is 91.6 cm³/mol. The van der Waals surface area contributed by atoms with Crippen LogP contribution in [0.5, 0.6) is 0 Å². The van der Waals surface area contributed by atoms with Crippen LogP contribution >= 0.6 is 0 Å². The molecule has 1 aliphatic carbocycles. The maximum absolute atomic E-state index is 12.7. The summed E-state index contributed by atoms with van der Waals surface area (Å²) in [5.41, 5.74) is 0.311. The molecule has 0 radical (unpaired) electrons. The maximum atomic E-state index is 12.7. The van der Waals surface area contributed by atoms with Crippen molar-refractivity contribution in [3.63, 3.8) is 0 Å². The number of hydrogen-bond donors (Lipinski definition) is 2. The number of carboxylic acid groups (broad SMARTS) is 1. The monoisotopic (exact) mass is 330 g/mol. The Morgan fingerprint density at radius 2 is 1.92 bits per heavy atom. The molecule has 2 amide bonds. The molecule has 1 saturated carbocycles. The van der Waals surface area contributed by atoms with Crippen molar-refractivity contribution in [2.45, 2.75) is 45.1 Å². The zero-order valence-corrected chi connectivity index (χ0v) is 14.2. The fourth-order valence-electron chi connectivity index (χ4n) is 3.96. The highest BCUT2D eigenvalue weighted by Crippen LogP contribution is 2.36. The quantitative estimate of drug-likeness (QED) is 0.888. The van der Waals surface area contributed by atoms with Crippen LogP contribution in [-0.2, 0) is 4.79 Å². The van der Waals surface area contributed by atoms with E-state index < -0.39 is 11.4 Å². The number of rotatable bonds is 4. The van der Waals surface area contributed by atoms with Gasteiger partial charge in [0.25, 0.3) is 0 Å².